The van der Waals surface area contributed by atoms with Crippen LogP contribution in [0, 0.1) is 0 Å². The Kier molecular flexibility index (Phi) is 1.97. The molecule has 0 N–H and O–H groups in total. The van der Waals surface area contributed by atoms with E-state index in [1.165, 1.54) is 0 Å². The van der Waals surface area contributed by atoms with Gasteiger partial charge >= 0.3 is 6.55 Å². The molecule has 1 rings (SSSR count). The zero-order chi connectivity index (χ0) is 6.85. The number of hydrazine groups is 1. The Labute approximate surface area is 53.0 Å². The van der Waals surface area contributed by atoms with Crippen LogP contribution >= 0.6 is 0 Å². The maximum atomic E-state index is 11.9. The summed E-state index contributed by atoms with van der Waals surface area (Å²) in [6.07, 6.45) is 0.848. The molecule has 0 bridgehead atoms. The summed E-state index contributed by atoms with van der Waals surface area (Å²) in [5.74, 6) is 0. The van der Waals surface area contributed by atoms with Crippen molar-refractivity contribution in [3.63, 3.8) is 0 Å². The fourth-order valence-electron chi connectivity index (χ4n) is 1.01. The number of rotatable bonds is 1. The number of nitrogens with zero attached hydrogens (tertiary/aromatic N) is 2. The van der Waals surface area contributed by atoms with E-state index in [1.807, 2.05) is 0 Å². The normalized spacial score (nSPS) is 24.0. The van der Waals surface area contributed by atoms with E-state index in [1.54, 1.807) is 12.1 Å². The van der Waals surface area contributed by atoms with Gasteiger partial charge in [0.1, 0.15) is 0 Å². The lowest BCUT2D eigenvalue weighted by molar-refractivity contribution is -0.119. The average molecular weight is 136 g/mol. The minimum absolute atomic E-state index is 0.494. The molecular formula is C5H10F2N2. The van der Waals surface area contributed by atoms with E-state index in [9.17, 15) is 8.78 Å². The highest BCUT2D eigenvalue weighted by atomic mass is 19.3. The molecule has 0 aromatic rings. The van der Waals surface area contributed by atoms with Crippen molar-refractivity contribution < 1.29 is 8.78 Å². The molecule has 0 amide bonds. The average Bonchev–Trinajstić information content (AvgIpc) is 2.13. The van der Waals surface area contributed by atoms with Gasteiger partial charge in [0.05, 0.1) is 0 Å². The monoisotopic (exact) mass is 136 g/mol. The highest BCUT2D eigenvalue weighted by molar-refractivity contribution is 4.61. The van der Waals surface area contributed by atoms with Gasteiger partial charge in [-0.05, 0) is 6.42 Å². The Morgan fingerprint density at radius 1 is 1.33 bits per heavy atom. The van der Waals surface area contributed by atoms with Crippen LogP contribution < -0.4 is 0 Å². The second-order valence-corrected chi connectivity index (χ2v) is 2.18. The third-order valence-corrected chi connectivity index (χ3v) is 1.53. The molecule has 0 radical (unpaired) electrons. The first-order valence-corrected chi connectivity index (χ1v) is 2.97. The van der Waals surface area contributed by atoms with Gasteiger partial charge in [-0.1, -0.05) is 0 Å². The first kappa shape index (κ1) is 6.89. The molecule has 1 aliphatic heterocycles. The van der Waals surface area contributed by atoms with Crippen molar-refractivity contribution in [2.75, 3.05) is 20.1 Å². The van der Waals surface area contributed by atoms with Gasteiger partial charge in [0.25, 0.3) is 0 Å². The summed E-state index contributed by atoms with van der Waals surface area (Å²) in [5, 5.41) is 2.63. The standard InChI is InChI=1S/C5H10F2N2/c1-8-3-2-4-9(8)5(6)7/h5H,2-4H2,1H3. The zero-order valence-electron chi connectivity index (χ0n) is 5.35. The summed E-state index contributed by atoms with van der Waals surface area (Å²) in [7, 11) is 1.68. The Hall–Kier alpha value is -0.220. The Balaban J connectivity index is 2.40. The summed E-state index contributed by atoms with van der Waals surface area (Å²) < 4.78 is 23.7. The van der Waals surface area contributed by atoms with Crippen LogP contribution in [-0.2, 0) is 0 Å². The van der Waals surface area contributed by atoms with Gasteiger partial charge in [0.15, 0.2) is 0 Å². The Morgan fingerprint density at radius 3 is 2.22 bits per heavy atom. The van der Waals surface area contributed by atoms with Crippen molar-refractivity contribution >= 4 is 0 Å². The third-order valence-electron chi connectivity index (χ3n) is 1.53. The van der Waals surface area contributed by atoms with E-state index in [2.05, 4.69) is 0 Å². The molecule has 0 aliphatic carbocycles. The van der Waals surface area contributed by atoms with Crippen molar-refractivity contribution in [1.82, 2.24) is 10.0 Å². The third kappa shape index (κ3) is 1.37. The van der Waals surface area contributed by atoms with E-state index >= 15 is 0 Å². The molecule has 4 heteroatoms. The number of halogens is 2. The van der Waals surface area contributed by atoms with Crippen LogP contribution in [-0.4, -0.2) is 36.7 Å². The zero-order valence-corrected chi connectivity index (χ0v) is 5.35. The molecular weight excluding hydrogens is 126 g/mol. The second kappa shape index (κ2) is 2.58. The van der Waals surface area contributed by atoms with E-state index in [-0.39, 0.29) is 0 Å². The molecule has 1 saturated heterocycles. The molecule has 0 aromatic heterocycles. The molecule has 0 atom stereocenters. The van der Waals surface area contributed by atoms with Gasteiger partial charge in [-0.3, -0.25) is 0 Å². The van der Waals surface area contributed by atoms with E-state index in [0.29, 0.717) is 6.54 Å². The summed E-state index contributed by atoms with van der Waals surface area (Å²) in [4.78, 5) is 0. The van der Waals surface area contributed by atoms with Crippen LogP contribution in [0.4, 0.5) is 8.78 Å². The Bertz CT molecular complexity index is 97.0. The van der Waals surface area contributed by atoms with Crippen molar-refractivity contribution in [1.29, 1.82) is 0 Å². The number of hydrogen-bond acceptors (Lipinski definition) is 2. The molecule has 9 heavy (non-hydrogen) atoms. The topological polar surface area (TPSA) is 6.48 Å². The van der Waals surface area contributed by atoms with Gasteiger partial charge in [-0.15, -0.1) is 0 Å². The van der Waals surface area contributed by atoms with Crippen molar-refractivity contribution in [3.8, 4) is 0 Å². The summed E-state index contributed by atoms with van der Waals surface area (Å²) in [5.41, 5.74) is 0. The molecule has 1 heterocycles. The van der Waals surface area contributed by atoms with E-state index in [0.717, 1.165) is 18.0 Å². The predicted molar refractivity (Wildman–Crippen MR) is 30.0 cm³/mol. The highest BCUT2D eigenvalue weighted by Gasteiger charge is 2.24. The van der Waals surface area contributed by atoms with E-state index < -0.39 is 6.55 Å². The fourth-order valence-corrected chi connectivity index (χ4v) is 1.01. The molecule has 2 nitrogen and oxygen atoms in total. The van der Waals surface area contributed by atoms with Crippen molar-refractivity contribution in [2.24, 2.45) is 0 Å². The SMILES string of the molecule is CN1CCCN1C(F)F. The van der Waals surface area contributed by atoms with E-state index in [4.69, 9.17) is 0 Å². The molecule has 0 saturated carbocycles. The summed E-state index contributed by atoms with van der Waals surface area (Å²) in [6, 6.07) is 0. The van der Waals surface area contributed by atoms with Crippen molar-refractivity contribution in [3.05, 3.63) is 0 Å². The molecule has 0 unspecified atom stereocenters. The van der Waals surface area contributed by atoms with Crippen LogP contribution in [0.15, 0.2) is 0 Å². The summed E-state index contributed by atoms with van der Waals surface area (Å²) >= 11 is 0. The van der Waals surface area contributed by atoms with Crippen LogP contribution in [0.3, 0.4) is 0 Å². The van der Waals surface area contributed by atoms with Gasteiger partial charge < -0.3 is 0 Å². The molecule has 0 aromatic carbocycles. The molecule has 1 fully saturated rings. The number of alkyl halides is 2. The van der Waals surface area contributed by atoms with Crippen LogP contribution in [0.25, 0.3) is 0 Å². The smallest absolute Gasteiger partial charge is 0.240 e. The number of hydrogen-bond donors (Lipinski definition) is 0. The minimum atomic E-state index is -2.32. The van der Waals surface area contributed by atoms with Gasteiger partial charge in [-0.25, -0.2) is 5.01 Å². The van der Waals surface area contributed by atoms with Crippen LogP contribution in [0.2, 0.25) is 0 Å². The predicted octanol–water partition coefficient (Wildman–Crippen LogP) is 0.761. The quantitative estimate of drug-likeness (QED) is 0.491. The van der Waals surface area contributed by atoms with Crippen LogP contribution in [0.5, 0.6) is 0 Å². The fraction of sp³-hybridized carbons (Fsp3) is 1.00. The lowest BCUT2D eigenvalue weighted by atomic mass is 10.5. The van der Waals surface area contributed by atoms with Gasteiger partial charge in [0.2, 0.25) is 0 Å². The maximum Gasteiger partial charge on any atom is 0.307 e. The first-order chi connectivity index (χ1) is 4.22. The Morgan fingerprint density at radius 2 is 2.00 bits per heavy atom. The summed E-state index contributed by atoms with van der Waals surface area (Å²) in [6.45, 7) is -1.07. The second-order valence-electron chi connectivity index (χ2n) is 2.18. The van der Waals surface area contributed by atoms with Gasteiger partial charge in [0, 0.05) is 20.1 Å². The first-order valence-electron chi connectivity index (χ1n) is 2.97. The molecule has 54 valence electrons. The molecule has 1 aliphatic rings. The lowest BCUT2D eigenvalue weighted by Gasteiger charge is -2.21. The minimum Gasteiger partial charge on any atom is -0.240 e. The molecule has 0 spiro atoms. The van der Waals surface area contributed by atoms with Gasteiger partial charge in [-0.2, -0.15) is 13.8 Å². The lowest BCUT2D eigenvalue weighted by Crippen LogP contribution is -2.37. The largest absolute Gasteiger partial charge is 0.307 e. The van der Waals surface area contributed by atoms with Crippen molar-refractivity contribution in [2.45, 2.75) is 13.0 Å². The maximum absolute atomic E-state index is 11.9. The highest BCUT2D eigenvalue weighted by Crippen LogP contribution is 2.12. The van der Waals surface area contributed by atoms with Crippen LogP contribution in [0.1, 0.15) is 6.42 Å².